The van der Waals surface area contributed by atoms with Gasteiger partial charge in [0, 0.05) is 0 Å². The van der Waals surface area contributed by atoms with Crippen LogP contribution in [-0.4, -0.2) is 9.97 Å². The van der Waals surface area contributed by atoms with Gasteiger partial charge in [0.25, 0.3) is 0 Å². The molecule has 2 heterocycles. The van der Waals surface area contributed by atoms with E-state index in [1.54, 1.807) is 24.5 Å². The van der Waals surface area contributed by atoms with Gasteiger partial charge in [0.1, 0.15) is 0 Å². The van der Waals surface area contributed by atoms with Gasteiger partial charge in [-0.1, -0.05) is 24.8 Å². The van der Waals surface area contributed by atoms with Crippen molar-refractivity contribution in [1.82, 2.24) is 9.97 Å². The van der Waals surface area contributed by atoms with E-state index in [4.69, 9.17) is 0 Å². The molecule has 0 unspecified atom stereocenters. The van der Waals surface area contributed by atoms with E-state index in [2.05, 4.69) is 49.4 Å². The first-order valence-corrected chi connectivity index (χ1v) is 5.17. The second-order valence-corrected chi connectivity index (χ2v) is 2.50. The normalized spacial score (nSPS) is 6.32. The third kappa shape index (κ3) is 31.4. The summed E-state index contributed by atoms with van der Waals surface area (Å²) in [5.74, 6) is 0. The molecule has 2 nitrogen and oxygen atoms in total. The first kappa shape index (κ1) is 22.3. The summed E-state index contributed by atoms with van der Waals surface area (Å²) in [7, 11) is 0. The molecule has 0 N–H and O–H groups in total. The van der Waals surface area contributed by atoms with Crippen LogP contribution in [0.25, 0.3) is 0 Å². The van der Waals surface area contributed by atoms with Crippen LogP contribution in [0.4, 0.5) is 0 Å². The number of nitrogens with zero attached hydrogens (tertiary/aromatic N) is 2. The number of hydrogen-bond donors (Lipinski definition) is 0. The minimum atomic E-state index is 0. The molecule has 100 valence electrons. The Balaban J connectivity index is -0.000000188. The fourth-order valence-electron chi connectivity index (χ4n) is 0.555. The summed E-state index contributed by atoms with van der Waals surface area (Å²) in [6.45, 7) is 13.0. The maximum atomic E-state index is 3.66. The summed E-state index contributed by atoms with van der Waals surface area (Å²) in [5, 5.41) is 0. The van der Waals surface area contributed by atoms with Crippen LogP contribution in [0.15, 0.2) is 74.1 Å². The van der Waals surface area contributed by atoms with Gasteiger partial charge >= 0.3 is 19.5 Å². The zero-order chi connectivity index (χ0) is 13.9. The average Bonchev–Trinajstić information content (AvgIpc) is 2.45. The van der Waals surface area contributed by atoms with Gasteiger partial charge in [0.15, 0.2) is 0 Å². The third-order valence-corrected chi connectivity index (χ3v) is 1.03. The molecule has 0 aliphatic rings. The zero-order valence-corrected chi connectivity index (χ0v) is 12.6. The van der Waals surface area contributed by atoms with Crippen LogP contribution in [0.5, 0.6) is 0 Å². The Morgan fingerprint density at radius 1 is 0.789 bits per heavy atom. The Bertz CT molecular complexity index is 259. The molecule has 0 amide bonds. The third-order valence-electron chi connectivity index (χ3n) is 1.03. The van der Waals surface area contributed by atoms with Gasteiger partial charge in [-0.25, -0.2) is 39.2 Å². The van der Waals surface area contributed by atoms with Gasteiger partial charge in [0.05, 0.1) is 0 Å². The van der Waals surface area contributed by atoms with Gasteiger partial charge in [-0.3, -0.25) is 0 Å². The van der Waals surface area contributed by atoms with E-state index in [0.717, 1.165) is 0 Å². The van der Waals surface area contributed by atoms with Crippen molar-refractivity contribution in [2.75, 3.05) is 0 Å². The second-order valence-electron chi connectivity index (χ2n) is 2.50. The number of aromatic nitrogens is 2. The van der Waals surface area contributed by atoms with E-state index in [0.29, 0.717) is 0 Å². The van der Waals surface area contributed by atoms with Gasteiger partial charge in [-0.2, -0.15) is 36.4 Å². The Morgan fingerprint density at radius 3 is 1.16 bits per heavy atom. The fourth-order valence-corrected chi connectivity index (χ4v) is 0.555. The maximum Gasteiger partial charge on any atom is 4.00 e. The summed E-state index contributed by atoms with van der Waals surface area (Å²) in [6.07, 6.45) is 11.7. The quantitative estimate of drug-likeness (QED) is 0.539. The zero-order valence-electron chi connectivity index (χ0n) is 10.8. The van der Waals surface area contributed by atoms with E-state index in [1.807, 2.05) is 24.3 Å². The van der Waals surface area contributed by atoms with Crippen LogP contribution in [0.2, 0.25) is 0 Å². The number of hydrogen-bond acceptors (Lipinski definition) is 2. The van der Waals surface area contributed by atoms with Gasteiger partial charge in [-0.15, -0.1) is 0 Å². The summed E-state index contributed by atoms with van der Waals surface area (Å²) in [6, 6.07) is 11.0. The number of rotatable bonds is 0. The first-order valence-electron chi connectivity index (χ1n) is 5.17. The molecule has 0 saturated heterocycles. The Labute approximate surface area is 130 Å². The van der Waals surface area contributed by atoms with Gasteiger partial charge in [0.2, 0.25) is 0 Å². The Kier molecular flexibility index (Phi) is 29.5. The van der Waals surface area contributed by atoms with Crippen molar-refractivity contribution < 1.29 is 19.5 Å². The van der Waals surface area contributed by atoms with Crippen molar-refractivity contribution in [3.63, 3.8) is 0 Å². The summed E-state index contributed by atoms with van der Waals surface area (Å²) in [4.78, 5) is 7.32. The minimum absolute atomic E-state index is 0. The Hall–Kier alpha value is -1.86. The molecule has 0 spiro atoms. The van der Waals surface area contributed by atoms with E-state index < -0.39 is 0 Å². The summed E-state index contributed by atoms with van der Waals surface area (Å²) >= 11 is 0. The van der Waals surface area contributed by atoms with Crippen LogP contribution in [0.3, 0.4) is 0 Å². The fraction of sp³-hybridized carbons (Fsp3) is 0. The largest absolute Gasteiger partial charge is 4.00 e. The topological polar surface area (TPSA) is 25.8 Å². The number of pyridine rings is 2. The molecule has 2 aromatic heterocycles. The van der Waals surface area contributed by atoms with Crippen LogP contribution in [0, 0.1) is 26.2 Å². The number of allylic oxidation sites excluding steroid dienone is 2. The van der Waals surface area contributed by atoms with Crippen molar-refractivity contribution in [2.24, 2.45) is 0 Å². The minimum Gasteiger partial charge on any atom is -0.394 e. The molecule has 3 heteroatoms. The smallest absolute Gasteiger partial charge is 0.394 e. The molecule has 0 atom stereocenters. The Morgan fingerprint density at radius 2 is 1.11 bits per heavy atom. The van der Waals surface area contributed by atoms with Crippen molar-refractivity contribution in [1.29, 1.82) is 0 Å². The van der Waals surface area contributed by atoms with Crippen LogP contribution in [-0.2, 0) is 19.5 Å². The van der Waals surface area contributed by atoms with Crippen molar-refractivity contribution >= 4 is 0 Å². The second kappa shape index (κ2) is 25.1. The van der Waals surface area contributed by atoms with E-state index in [1.165, 1.54) is 12.2 Å². The molecule has 0 aliphatic carbocycles. The predicted octanol–water partition coefficient (Wildman–Crippen LogP) is 3.77. The van der Waals surface area contributed by atoms with E-state index in [-0.39, 0.29) is 19.5 Å². The standard InChI is InChI=1S/2C5H4N.2C3H5.Ru/c2*1-2-4-6-5-3-1;2*1-3-2;/h2*1-4H;2*3H,1-2H2;/q4*-1;+4. The van der Waals surface area contributed by atoms with Crippen molar-refractivity contribution in [3.05, 3.63) is 100 Å². The molecule has 0 radical (unpaired) electrons. The van der Waals surface area contributed by atoms with Crippen molar-refractivity contribution in [3.8, 4) is 0 Å². The molecule has 0 fully saturated rings. The molecule has 2 aromatic rings. The summed E-state index contributed by atoms with van der Waals surface area (Å²) in [5.41, 5.74) is 0. The molecular weight excluding hydrogens is 321 g/mol. The molecule has 2 rings (SSSR count). The van der Waals surface area contributed by atoms with Gasteiger partial charge in [-0.05, 0) is 0 Å². The molecule has 19 heavy (non-hydrogen) atoms. The monoisotopic (exact) mass is 340 g/mol. The van der Waals surface area contributed by atoms with Crippen LogP contribution < -0.4 is 0 Å². The molecule has 0 aliphatic heterocycles. The van der Waals surface area contributed by atoms with Crippen LogP contribution >= 0.6 is 0 Å². The first-order chi connectivity index (χ1) is 8.83. The predicted molar refractivity (Wildman–Crippen MR) is 77.3 cm³/mol. The maximum absolute atomic E-state index is 3.66. The SMILES string of the molecule is C=C[CH2-].C=C[CH2-].[Ru+4].[c-]1ccccn1.[c-]1ccccn1. The molecule has 0 bridgehead atoms. The molecule has 0 saturated carbocycles. The van der Waals surface area contributed by atoms with Gasteiger partial charge < -0.3 is 9.97 Å². The average molecular weight is 339 g/mol. The summed E-state index contributed by atoms with van der Waals surface area (Å²) < 4.78 is 0. The van der Waals surface area contributed by atoms with E-state index in [9.17, 15) is 0 Å². The molecule has 0 aromatic carbocycles. The van der Waals surface area contributed by atoms with E-state index >= 15 is 0 Å². The molecular formula is C16H18N2Ru. The van der Waals surface area contributed by atoms with Crippen LogP contribution in [0.1, 0.15) is 0 Å². The van der Waals surface area contributed by atoms with Crippen molar-refractivity contribution in [2.45, 2.75) is 0 Å².